The lowest BCUT2D eigenvalue weighted by atomic mass is 10.1. The van der Waals surface area contributed by atoms with Gasteiger partial charge in [0, 0.05) is 29.2 Å². The van der Waals surface area contributed by atoms with E-state index in [2.05, 4.69) is 29.4 Å². The van der Waals surface area contributed by atoms with Crippen molar-refractivity contribution >= 4 is 16.9 Å². The van der Waals surface area contributed by atoms with Gasteiger partial charge in [-0.05, 0) is 58.0 Å². The van der Waals surface area contributed by atoms with Crippen molar-refractivity contribution in [1.82, 2.24) is 9.47 Å². The summed E-state index contributed by atoms with van der Waals surface area (Å²) in [6, 6.07) is 7.94. The van der Waals surface area contributed by atoms with Gasteiger partial charge >= 0.3 is 5.97 Å². The molecule has 1 aromatic heterocycles. The normalized spacial score (nSPS) is 16.1. The summed E-state index contributed by atoms with van der Waals surface area (Å²) < 4.78 is 2.28. The highest BCUT2D eigenvalue weighted by Crippen LogP contribution is 2.28. The van der Waals surface area contributed by atoms with Crippen molar-refractivity contribution in [3.63, 3.8) is 0 Å². The molecule has 1 aliphatic heterocycles. The number of likely N-dealkylation sites (tertiary alicyclic amines) is 1. The molecule has 4 nitrogen and oxygen atoms in total. The minimum atomic E-state index is -0.853. The number of carboxylic acid groups (broad SMARTS) is 1. The highest BCUT2D eigenvalue weighted by atomic mass is 16.4. The van der Waals surface area contributed by atoms with E-state index in [1.807, 2.05) is 12.1 Å². The van der Waals surface area contributed by atoms with E-state index in [1.165, 1.54) is 18.5 Å². The van der Waals surface area contributed by atoms with E-state index in [4.69, 9.17) is 0 Å². The van der Waals surface area contributed by atoms with Crippen LogP contribution in [0.5, 0.6) is 0 Å². The molecule has 1 aromatic carbocycles. The Morgan fingerprint density at radius 2 is 2.00 bits per heavy atom. The fourth-order valence-corrected chi connectivity index (χ4v) is 3.39. The average molecular weight is 286 g/mol. The quantitative estimate of drug-likeness (QED) is 0.935. The molecule has 1 saturated heterocycles. The summed E-state index contributed by atoms with van der Waals surface area (Å²) in [7, 11) is 0. The second-order valence-electron chi connectivity index (χ2n) is 6.13. The van der Waals surface area contributed by atoms with Crippen LogP contribution in [0.4, 0.5) is 0 Å². The molecule has 4 heteroatoms. The Hall–Kier alpha value is -1.81. The van der Waals surface area contributed by atoms with Gasteiger partial charge in [-0.3, -0.25) is 4.90 Å². The summed E-state index contributed by atoms with van der Waals surface area (Å²) >= 11 is 0. The molecule has 0 unspecified atom stereocenters. The van der Waals surface area contributed by atoms with Gasteiger partial charge in [-0.2, -0.15) is 0 Å². The monoisotopic (exact) mass is 286 g/mol. The molecule has 0 saturated carbocycles. The van der Waals surface area contributed by atoms with Gasteiger partial charge in [0.25, 0.3) is 0 Å². The zero-order chi connectivity index (χ0) is 15.0. The van der Waals surface area contributed by atoms with Crippen molar-refractivity contribution in [2.24, 2.45) is 0 Å². The molecule has 0 spiro atoms. The van der Waals surface area contributed by atoms with E-state index in [0.717, 1.165) is 30.5 Å². The number of nitrogens with zero attached hydrogens (tertiary/aromatic N) is 2. The maximum absolute atomic E-state index is 11.4. The van der Waals surface area contributed by atoms with E-state index in [9.17, 15) is 9.90 Å². The number of aromatic carboxylic acids is 1. The predicted octanol–water partition coefficient (Wildman–Crippen LogP) is 3.52. The van der Waals surface area contributed by atoms with Gasteiger partial charge < -0.3 is 9.67 Å². The summed E-state index contributed by atoms with van der Waals surface area (Å²) in [5, 5.41) is 10.2. The third-order valence-corrected chi connectivity index (χ3v) is 4.29. The fourth-order valence-electron chi connectivity index (χ4n) is 3.39. The molecule has 112 valence electrons. The number of carboxylic acids is 1. The van der Waals surface area contributed by atoms with Crippen LogP contribution < -0.4 is 0 Å². The van der Waals surface area contributed by atoms with Crippen LogP contribution in [0.2, 0.25) is 0 Å². The summed E-state index contributed by atoms with van der Waals surface area (Å²) in [5.41, 5.74) is 2.64. The third kappa shape index (κ3) is 2.56. The third-order valence-electron chi connectivity index (χ3n) is 4.29. The summed E-state index contributed by atoms with van der Waals surface area (Å²) in [6.07, 6.45) is 2.53. The van der Waals surface area contributed by atoms with Gasteiger partial charge in [-0.25, -0.2) is 4.79 Å². The van der Waals surface area contributed by atoms with Crippen LogP contribution in [-0.2, 0) is 6.54 Å². The van der Waals surface area contributed by atoms with E-state index in [-0.39, 0.29) is 0 Å². The molecule has 0 radical (unpaired) electrons. The van der Waals surface area contributed by atoms with Crippen LogP contribution in [-0.4, -0.2) is 33.6 Å². The summed E-state index contributed by atoms with van der Waals surface area (Å²) in [6.45, 7) is 7.50. The van der Waals surface area contributed by atoms with Gasteiger partial charge in [0.1, 0.15) is 0 Å². The van der Waals surface area contributed by atoms with Crippen molar-refractivity contribution in [1.29, 1.82) is 0 Å². The Balaban J connectivity index is 2.11. The number of hydrogen-bond donors (Lipinski definition) is 1. The Labute approximate surface area is 125 Å². The Morgan fingerprint density at radius 1 is 1.29 bits per heavy atom. The van der Waals surface area contributed by atoms with Crippen LogP contribution in [0.1, 0.15) is 48.8 Å². The number of aromatic nitrogens is 1. The largest absolute Gasteiger partial charge is 0.478 e. The average Bonchev–Trinajstić information content (AvgIpc) is 3.04. The highest BCUT2D eigenvalue weighted by molar-refractivity contribution is 6.03. The first-order valence-electron chi connectivity index (χ1n) is 7.66. The van der Waals surface area contributed by atoms with Crippen LogP contribution in [0.15, 0.2) is 24.3 Å². The van der Waals surface area contributed by atoms with Gasteiger partial charge in [0.05, 0.1) is 5.56 Å². The summed E-state index contributed by atoms with van der Waals surface area (Å²) in [4.78, 5) is 13.9. The maximum atomic E-state index is 11.4. The molecule has 0 aliphatic carbocycles. The number of fused-ring (bicyclic) bond motifs is 1. The molecule has 2 aromatic rings. The standard InChI is InChI=1S/C17H22N2O2/c1-12(2)19-13(11-18-8-3-4-9-18)10-15-14(17(20)21)6-5-7-16(15)19/h5-7,10,12H,3-4,8-9,11H2,1-2H3,(H,20,21). The highest BCUT2D eigenvalue weighted by Gasteiger charge is 2.19. The van der Waals surface area contributed by atoms with Crippen LogP contribution in [0.25, 0.3) is 10.9 Å². The van der Waals surface area contributed by atoms with Crippen molar-refractivity contribution in [3.8, 4) is 0 Å². The SMILES string of the molecule is CC(C)n1c(CN2CCCC2)cc2c(C(=O)O)cccc21. The Bertz CT molecular complexity index is 667. The van der Waals surface area contributed by atoms with Crippen molar-refractivity contribution < 1.29 is 9.90 Å². The Morgan fingerprint density at radius 3 is 2.62 bits per heavy atom. The smallest absolute Gasteiger partial charge is 0.336 e. The Kier molecular flexibility index (Phi) is 3.72. The van der Waals surface area contributed by atoms with Crippen LogP contribution in [0, 0.1) is 0 Å². The minimum Gasteiger partial charge on any atom is -0.478 e. The maximum Gasteiger partial charge on any atom is 0.336 e. The van der Waals surface area contributed by atoms with Crippen LogP contribution >= 0.6 is 0 Å². The predicted molar refractivity (Wildman–Crippen MR) is 83.8 cm³/mol. The van der Waals surface area contributed by atoms with Crippen LogP contribution in [0.3, 0.4) is 0 Å². The van der Waals surface area contributed by atoms with Crippen molar-refractivity contribution in [2.45, 2.75) is 39.3 Å². The molecule has 1 aliphatic rings. The van der Waals surface area contributed by atoms with Gasteiger partial charge in [-0.1, -0.05) is 6.07 Å². The van der Waals surface area contributed by atoms with Gasteiger partial charge in [-0.15, -0.1) is 0 Å². The fraction of sp³-hybridized carbons (Fsp3) is 0.471. The molecule has 2 heterocycles. The first-order chi connectivity index (χ1) is 10.1. The van der Waals surface area contributed by atoms with E-state index in [1.54, 1.807) is 6.07 Å². The lowest BCUT2D eigenvalue weighted by molar-refractivity contribution is 0.0699. The first-order valence-corrected chi connectivity index (χ1v) is 7.66. The second kappa shape index (κ2) is 5.53. The molecule has 0 bridgehead atoms. The molecule has 0 atom stereocenters. The molecule has 1 N–H and O–H groups in total. The van der Waals surface area contributed by atoms with Gasteiger partial charge in [0.2, 0.25) is 0 Å². The van der Waals surface area contributed by atoms with Crippen molar-refractivity contribution in [3.05, 3.63) is 35.5 Å². The van der Waals surface area contributed by atoms with E-state index in [0.29, 0.717) is 11.6 Å². The van der Waals surface area contributed by atoms with E-state index >= 15 is 0 Å². The molecule has 3 rings (SSSR count). The van der Waals surface area contributed by atoms with Crippen molar-refractivity contribution in [2.75, 3.05) is 13.1 Å². The summed E-state index contributed by atoms with van der Waals surface area (Å²) in [5.74, 6) is -0.853. The number of benzene rings is 1. The number of carbonyl (C=O) groups is 1. The lowest BCUT2D eigenvalue weighted by Gasteiger charge is -2.19. The minimum absolute atomic E-state index is 0.323. The zero-order valence-electron chi connectivity index (χ0n) is 12.7. The number of hydrogen-bond acceptors (Lipinski definition) is 2. The molecular formula is C17H22N2O2. The number of rotatable bonds is 4. The van der Waals surface area contributed by atoms with Gasteiger partial charge in [0.15, 0.2) is 0 Å². The molecular weight excluding hydrogens is 264 g/mol. The lowest BCUT2D eigenvalue weighted by Crippen LogP contribution is -2.21. The van der Waals surface area contributed by atoms with E-state index < -0.39 is 5.97 Å². The molecule has 1 fully saturated rings. The first kappa shape index (κ1) is 14.1. The molecule has 0 amide bonds. The topological polar surface area (TPSA) is 45.5 Å². The molecule has 21 heavy (non-hydrogen) atoms. The zero-order valence-corrected chi connectivity index (χ0v) is 12.7. The second-order valence-corrected chi connectivity index (χ2v) is 6.13.